The summed E-state index contributed by atoms with van der Waals surface area (Å²) in [6.07, 6.45) is 19.3. The molecule has 15 bridgehead atoms. The first-order valence-corrected chi connectivity index (χ1v) is 24.9. The number of nitrogens with zero attached hydrogens (tertiary/aromatic N) is 2. The first-order valence-electron chi connectivity index (χ1n) is 24.9. The summed E-state index contributed by atoms with van der Waals surface area (Å²) in [5.41, 5.74) is 14.8. The van der Waals surface area contributed by atoms with Crippen LogP contribution in [0.1, 0.15) is 117 Å². The summed E-state index contributed by atoms with van der Waals surface area (Å²) in [4.78, 5) is 36.5. The van der Waals surface area contributed by atoms with Crippen LogP contribution in [0.15, 0.2) is 100 Å². The predicted molar refractivity (Wildman–Crippen MR) is 241 cm³/mol. The van der Waals surface area contributed by atoms with Crippen molar-refractivity contribution in [3.63, 3.8) is 0 Å². The van der Waals surface area contributed by atoms with Gasteiger partial charge in [-0.25, -0.2) is 4.79 Å². The van der Waals surface area contributed by atoms with Crippen molar-refractivity contribution in [2.45, 2.75) is 121 Å². The predicted octanol–water partition coefficient (Wildman–Crippen LogP) is 9.16. The van der Waals surface area contributed by atoms with Crippen LogP contribution in [0.25, 0.3) is 0 Å². The fourth-order valence-electron chi connectivity index (χ4n) is 16.9. The summed E-state index contributed by atoms with van der Waals surface area (Å²) in [6, 6.07) is 16.0. The smallest absolute Gasteiger partial charge is 0.339 e. The maximum Gasteiger partial charge on any atom is 0.339 e. The number of rotatable bonds is 5. The Kier molecular flexibility index (Phi) is 8.55. The number of ether oxygens (including phenoxy) is 2. The molecule has 9 heterocycles. The molecule has 3 N–H and O–H groups in total. The standard InChI is InChI=1S/C55H63N3O5/c1-3-9-39-27-44(59)50-53-20-19-40-42-26-37(46-31(2)22-36-17-18-43-38-25-34(28-57(39)30-38)29-58(43)49(36)48(40)46)24-33-12-6-11-32(23-33)10-4-5-16-45(54(42,53)52(61)62-50)55(53)41-15-7-13-35(14-8-21-56)47(41)51(60)63-55/h6-7,11-13,15,17-18,23,26,31,34,38-39,43,45-46,48,59H,3-5,8-10,14,16,19-22,24-25,27-30,56H2,1-2H3. The number of esters is 2. The Morgan fingerprint density at radius 3 is 2.76 bits per heavy atom. The van der Waals surface area contributed by atoms with E-state index in [9.17, 15) is 9.90 Å². The lowest BCUT2D eigenvalue weighted by molar-refractivity contribution is -0.276. The van der Waals surface area contributed by atoms with Crippen LogP contribution >= 0.6 is 0 Å². The van der Waals surface area contributed by atoms with Crippen LogP contribution in [0, 0.1) is 46.3 Å². The molecule has 8 nitrogen and oxygen atoms in total. The van der Waals surface area contributed by atoms with Gasteiger partial charge in [0, 0.05) is 55.2 Å². The Bertz CT molecular complexity index is 2530. The van der Waals surface area contributed by atoms with Gasteiger partial charge in [0.15, 0.2) is 11.4 Å². The summed E-state index contributed by atoms with van der Waals surface area (Å²) < 4.78 is 14.1. The average Bonchev–Trinajstić information content (AvgIpc) is 3.73. The molecule has 328 valence electrons. The van der Waals surface area contributed by atoms with Gasteiger partial charge in [-0.15, -0.1) is 0 Å². The van der Waals surface area contributed by atoms with Gasteiger partial charge in [-0.1, -0.05) is 98.5 Å². The SMILES string of the molecule is CCCC1CC(O)=C2OC(=O)C34C5=C6CCC23C2(OC(=O)c3c(CCCN)cccc32)C4CCCCc2cccc(c2)CC(=C5)C2C(C)CC3=C(C62)N2CC4CC(CN1C4)C2C=C3. The highest BCUT2D eigenvalue weighted by molar-refractivity contribution is 6.00. The maximum absolute atomic E-state index is 16.0. The third kappa shape index (κ3) is 4.85. The van der Waals surface area contributed by atoms with Crippen LogP contribution in [-0.2, 0) is 39.1 Å². The van der Waals surface area contributed by atoms with Crippen LogP contribution in [0.5, 0.6) is 0 Å². The van der Waals surface area contributed by atoms with Gasteiger partial charge in [0.2, 0.25) is 0 Å². The van der Waals surface area contributed by atoms with Crippen LogP contribution in [-0.4, -0.2) is 65.1 Å². The molecule has 0 aromatic heterocycles. The zero-order chi connectivity index (χ0) is 42.6. The second-order valence-electron chi connectivity index (χ2n) is 21.7. The van der Waals surface area contributed by atoms with Crippen molar-refractivity contribution in [2.24, 2.45) is 52.1 Å². The van der Waals surface area contributed by atoms with Gasteiger partial charge in [-0.05, 0) is 129 Å². The van der Waals surface area contributed by atoms with E-state index in [0.29, 0.717) is 73.3 Å². The zero-order valence-corrected chi connectivity index (χ0v) is 37.2. The molecule has 0 radical (unpaired) electrons. The minimum atomic E-state index is -1.17. The molecule has 1 saturated carbocycles. The van der Waals surface area contributed by atoms with Crippen molar-refractivity contribution in [1.29, 1.82) is 0 Å². The van der Waals surface area contributed by atoms with Crippen molar-refractivity contribution in [1.82, 2.24) is 9.80 Å². The van der Waals surface area contributed by atoms with E-state index in [1.54, 1.807) is 0 Å². The molecular formula is C55H63N3O5. The number of aliphatic hydroxyl groups excluding tert-OH is 1. The highest BCUT2D eigenvalue weighted by atomic mass is 16.6. The number of allylic oxidation sites excluding steroid dienone is 5. The molecule has 9 aliphatic heterocycles. The van der Waals surface area contributed by atoms with Crippen LogP contribution in [0.2, 0.25) is 0 Å². The molecule has 3 spiro atoms. The minimum absolute atomic E-state index is 0.102. The number of carbonyl (C=O) groups excluding carboxylic acids is 2. The third-order valence-electron chi connectivity index (χ3n) is 18.8. The van der Waals surface area contributed by atoms with Crippen LogP contribution < -0.4 is 5.73 Å². The molecule has 0 amide bonds. The summed E-state index contributed by atoms with van der Waals surface area (Å²) in [6.45, 7) is 8.32. The molecule has 16 rings (SSSR count). The summed E-state index contributed by atoms with van der Waals surface area (Å²) in [5.74, 6) is 1.57. The van der Waals surface area contributed by atoms with Crippen molar-refractivity contribution in [2.75, 3.05) is 26.2 Å². The number of piperidine rings is 2. The number of aryl methyl sites for hydroxylation is 2. The molecular weight excluding hydrogens is 783 g/mol. The number of carbonyl (C=O) groups is 2. The maximum atomic E-state index is 16.0. The molecule has 3 saturated heterocycles. The lowest BCUT2D eigenvalue weighted by Crippen LogP contribution is -2.77. The molecule has 4 fully saturated rings. The Balaban J connectivity index is 1.13. The van der Waals surface area contributed by atoms with E-state index in [-0.39, 0.29) is 35.6 Å². The molecule has 8 heteroatoms. The number of benzene rings is 2. The molecule has 63 heavy (non-hydrogen) atoms. The molecule has 5 aliphatic carbocycles. The molecule has 2 aromatic carbocycles. The summed E-state index contributed by atoms with van der Waals surface area (Å²) >= 11 is 0. The van der Waals surface area contributed by atoms with Gasteiger partial charge < -0.3 is 25.2 Å². The summed E-state index contributed by atoms with van der Waals surface area (Å²) in [7, 11) is 0. The van der Waals surface area contributed by atoms with Crippen molar-refractivity contribution in [3.05, 3.63) is 128 Å². The minimum Gasteiger partial charge on any atom is -0.509 e. The number of aliphatic hydroxyl groups is 1. The highest BCUT2D eigenvalue weighted by Crippen LogP contribution is 2.87. The van der Waals surface area contributed by atoms with Gasteiger partial charge in [-0.3, -0.25) is 9.69 Å². The Labute approximate surface area is 372 Å². The van der Waals surface area contributed by atoms with Crippen LogP contribution in [0.4, 0.5) is 0 Å². The van der Waals surface area contributed by atoms with Crippen molar-refractivity contribution >= 4 is 11.9 Å². The molecule has 12 atom stereocenters. The second-order valence-corrected chi connectivity index (χ2v) is 21.7. The Morgan fingerprint density at radius 1 is 1.02 bits per heavy atom. The van der Waals surface area contributed by atoms with Gasteiger partial charge in [0.05, 0.1) is 17.0 Å². The fourth-order valence-corrected chi connectivity index (χ4v) is 16.9. The lowest BCUT2D eigenvalue weighted by atomic mass is 9.29. The average molecular weight is 846 g/mol. The van der Waals surface area contributed by atoms with E-state index in [4.69, 9.17) is 15.2 Å². The number of nitrogens with two attached hydrogens (primary N) is 1. The van der Waals surface area contributed by atoms with Gasteiger partial charge in [-0.2, -0.15) is 0 Å². The second kappa shape index (κ2) is 13.8. The van der Waals surface area contributed by atoms with E-state index in [0.717, 1.165) is 94.1 Å². The number of fused-ring (bicyclic) bond motifs is 6. The number of hydrogen-bond acceptors (Lipinski definition) is 8. The van der Waals surface area contributed by atoms with E-state index < -0.39 is 16.4 Å². The van der Waals surface area contributed by atoms with Gasteiger partial charge in [0.25, 0.3) is 0 Å². The molecule has 2 aromatic rings. The largest absolute Gasteiger partial charge is 0.509 e. The normalized spacial score (nSPS) is 40.0. The summed E-state index contributed by atoms with van der Waals surface area (Å²) in [5, 5.41) is 13.1. The van der Waals surface area contributed by atoms with Crippen molar-refractivity contribution in [3.8, 4) is 0 Å². The quantitative estimate of drug-likeness (QED) is 0.288. The van der Waals surface area contributed by atoms with E-state index >= 15 is 4.79 Å². The fraction of sp³-hybridized carbons (Fsp3) is 0.564. The Morgan fingerprint density at radius 2 is 1.89 bits per heavy atom. The Hall–Kier alpha value is -4.40. The monoisotopic (exact) mass is 845 g/mol. The third-order valence-corrected chi connectivity index (χ3v) is 18.8. The first-order chi connectivity index (χ1) is 30.7. The van der Waals surface area contributed by atoms with Gasteiger partial charge >= 0.3 is 11.9 Å². The first kappa shape index (κ1) is 39.0. The van der Waals surface area contributed by atoms with E-state index in [1.807, 2.05) is 0 Å². The molecule has 14 aliphatic rings. The topological polar surface area (TPSA) is 105 Å². The van der Waals surface area contributed by atoms with E-state index in [2.05, 4.69) is 84.3 Å². The van der Waals surface area contributed by atoms with Gasteiger partial charge in [0.1, 0.15) is 11.2 Å². The van der Waals surface area contributed by atoms with Crippen LogP contribution in [0.3, 0.4) is 0 Å². The van der Waals surface area contributed by atoms with Crippen molar-refractivity contribution < 1.29 is 24.2 Å². The highest BCUT2D eigenvalue weighted by Gasteiger charge is 2.93. The van der Waals surface area contributed by atoms with E-state index in [1.165, 1.54) is 40.0 Å². The molecule has 12 unspecified atom stereocenters. The number of hydrogen-bond donors (Lipinski definition) is 2. The lowest BCUT2D eigenvalue weighted by Gasteiger charge is -2.71. The zero-order valence-electron chi connectivity index (χ0n) is 37.2.